The molecule has 0 saturated carbocycles. The molecular formula is C20H28F2N4O5S. The van der Waals surface area contributed by atoms with Crippen LogP contribution >= 0.6 is 11.8 Å². The highest BCUT2D eigenvalue weighted by atomic mass is 32.2. The number of β-lactam (4-membered cyclic amide) rings is 1. The van der Waals surface area contributed by atoms with Crippen molar-refractivity contribution in [2.24, 2.45) is 11.8 Å². The van der Waals surface area contributed by atoms with Gasteiger partial charge in [-0.05, 0) is 13.3 Å². The molecule has 3 aliphatic rings. The van der Waals surface area contributed by atoms with Gasteiger partial charge in [-0.15, -0.1) is 11.8 Å². The van der Waals surface area contributed by atoms with Gasteiger partial charge in [0.05, 0.1) is 18.0 Å². The Morgan fingerprint density at radius 1 is 1.34 bits per heavy atom. The third-order valence-electron chi connectivity index (χ3n) is 6.21. The number of amides is 3. The van der Waals surface area contributed by atoms with Crippen LogP contribution in [0.1, 0.15) is 27.2 Å². The zero-order valence-electron chi connectivity index (χ0n) is 18.5. The molecule has 2 saturated heterocycles. The Balaban J connectivity index is 1.75. The molecule has 3 N–H and O–H groups in total. The van der Waals surface area contributed by atoms with Gasteiger partial charge in [0, 0.05) is 49.7 Å². The molecule has 3 heterocycles. The first-order chi connectivity index (χ1) is 14.8. The molecule has 0 aromatic rings. The topological polar surface area (TPSA) is 119 Å². The van der Waals surface area contributed by atoms with Gasteiger partial charge < -0.3 is 25.5 Å². The number of likely N-dealkylation sites (N-methyl/N-ethyl adjacent to an activating group) is 1. The van der Waals surface area contributed by atoms with E-state index < -0.39 is 41.7 Å². The Morgan fingerprint density at radius 2 is 1.97 bits per heavy atom. The van der Waals surface area contributed by atoms with Crippen molar-refractivity contribution in [2.45, 2.75) is 56.5 Å². The molecule has 12 heteroatoms. The molecule has 2 fully saturated rings. The van der Waals surface area contributed by atoms with Crippen LogP contribution in [-0.2, 0) is 19.2 Å². The largest absolute Gasteiger partial charge is 0.477 e. The number of aliphatic carboxylic acids is 1. The summed E-state index contributed by atoms with van der Waals surface area (Å²) in [6.45, 7) is 4.26. The number of carboxylic acids is 1. The fraction of sp³-hybridized carbons (Fsp3) is 0.700. The first kappa shape index (κ1) is 24.4. The predicted molar refractivity (Wildman–Crippen MR) is 113 cm³/mol. The van der Waals surface area contributed by atoms with Gasteiger partial charge in [0.2, 0.25) is 11.8 Å². The lowest BCUT2D eigenvalue weighted by Crippen LogP contribution is -2.66. The summed E-state index contributed by atoms with van der Waals surface area (Å²) >= 11 is 1.34. The van der Waals surface area contributed by atoms with Crippen molar-refractivity contribution in [3.05, 3.63) is 10.6 Å². The number of fused-ring (bicyclic) bond motifs is 1. The van der Waals surface area contributed by atoms with Crippen LogP contribution < -0.4 is 10.6 Å². The van der Waals surface area contributed by atoms with Crippen molar-refractivity contribution >= 4 is 35.5 Å². The van der Waals surface area contributed by atoms with Crippen molar-refractivity contribution in [1.29, 1.82) is 0 Å². The zero-order chi connectivity index (χ0) is 24.1. The van der Waals surface area contributed by atoms with Gasteiger partial charge in [0.1, 0.15) is 5.70 Å². The Morgan fingerprint density at radius 3 is 2.50 bits per heavy atom. The third kappa shape index (κ3) is 4.21. The van der Waals surface area contributed by atoms with Gasteiger partial charge in [-0.2, -0.15) is 8.78 Å². The second kappa shape index (κ2) is 8.62. The average molecular weight is 475 g/mol. The summed E-state index contributed by atoms with van der Waals surface area (Å²) in [6.07, 6.45) is 0.519. The van der Waals surface area contributed by atoms with Gasteiger partial charge in [-0.25, -0.2) is 4.79 Å². The van der Waals surface area contributed by atoms with Gasteiger partial charge in [0.25, 0.3) is 5.91 Å². The monoisotopic (exact) mass is 474 g/mol. The van der Waals surface area contributed by atoms with Gasteiger partial charge in [-0.1, -0.05) is 6.92 Å². The molecule has 9 nitrogen and oxygen atoms in total. The first-order valence-electron chi connectivity index (χ1n) is 10.4. The van der Waals surface area contributed by atoms with E-state index in [1.54, 1.807) is 21.0 Å². The molecule has 0 spiro atoms. The number of thioether (sulfide) groups is 1. The molecule has 1 unspecified atom stereocenters. The summed E-state index contributed by atoms with van der Waals surface area (Å²) < 4.78 is 26.5. The van der Waals surface area contributed by atoms with Crippen LogP contribution in [0.2, 0.25) is 0 Å². The quantitative estimate of drug-likeness (QED) is 0.459. The van der Waals surface area contributed by atoms with Gasteiger partial charge in [-0.3, -0.25) is 14.4 Å². The zero-order valence-corrected chi connectivity index (χ0v) is 19.3. The number of alkyl halides is 2. The van der Waals surface area contributed by atoms with E-state index in [1.165, 1.54) is 28.5 Å². The predicted octanol–water partition coefficient (Wildman–Crippen LogP) is 0.471. The molecule has 3 amide bonds. The second-order valence-corrected chi connectivity index (χ2v) is 10.2. The molecule has 0 bridgehead atoms. The minimum Gasteiger partial charge on any atom is -0.477 e. The van der Waals surface area contributed by atoms with Crippen molar-refractivity contribution in [2.75, 3.05) is 20.6 Å². The third-order valence-corrected chi connectivity index (χ3v) is 7.72. The van der Waals surface area contributed by atoms with Crippen LogP contribution in [0.5, 0.6) is 0 Å². The Hall–Kier alpha value is -2.21. The smallest absolute Gasteiger partial charge is 0.353 e. The molecule has 3 rings (SSSR count). The number of nitrogens with one attached hydrogen (secondary N) is 2. The summed E-state index contributed by atoms with van der Waals surface area (Å²) in [5.74, 6) is -8.01. The molecule has 178 valence electrons. The molecular weight excluding hydrogens is 446 g/mol. The highest BCUT2D eigenvalue weighted by molar-refractivity contribution is 8.03. The number of nitrogens with zero attached hydrogens (tertiary/aromatic N) is 2. The van der Waals surface area contributed by atoms with Crippen LogP contribution in [-0.4, -0.2) is 88.5 Å². The molecule has 0 aromatic carbocycles. The fourth-order valence-corrected chi connectivity index (χ4v) is 6.07. The number of carbonyl (C=O) groups is 4. The second-order valence-electron chi connectivity index (χ2n) is 8.85. The van der Waals surface area contributed by atoms with Crippen molar-refractivity contribution in [3.63, 3.8) is 0 Å². The summed E-state index contributed by atoms with van der Waals surface area (Å²) in [5.41, 5.74) is -0.101. The van der Waals surface area contributed by atoms with E-state index in [2.05, 4.69) is 10.6 Å². The SMILES string of the molecule is CC(NC(=O)C(C)(F)F)[C@H]1C(=O)N2C(C(=O)O)=C(S[C@@H]3CN[C@H](C(=O)N(C)C)C3)[C@H](C)[C@H]12. The van der Waals surface area contributed by atoms with Crippen molar-refractivity contribution in [1.82, 2.24) is 20.4 Å². The lowest BCUT2D eigenvalue weighted by molar-refractivity contribution is -0.160. The molecule has 32 heavy (non-hydrogen) atoms. The van der Waals surface area contributed by atoms with E-state index in [-0.39, 0.29) is 28.8 Å². The Labute approximate surface area is 188 Å². The van der Waals surface area contributed by atoms with Crippen LogP contribution in [0.4, 0.5) is 8.78 Å². The maximum atomic E-state index is 13.3. The molecule has 0 radical (unpaired) electrons. The number of rotatable bonds is 7. The Kier molecular flexibility index (Phi) is 6.58. The number of hydrogen-bond acceptors (Lipinski definition) is 6. The number of carboxylic acid groups (broad SMARTS) is 1. The summed E-state index contributed by atoms with van der Waals surface area (Å²) in [4.78, 5) is 51.9. The maximum absolute atomic E-state index is 13.3. The minimum atomic E-state index is -3.58. The van der Waals surface area contributed by atoms with Crippen molar-refractivity contribution < 1.29 is 33.1 Å². The minimum absolute atomic E-state index is 0.0566. The summed E-state index contributed by atoms with van der Waals surface area (Å²) in [5, 5.41) is 15.1. The fourth-order valence-electron chi connectivity index (χ4n) is 4.59. The van der Waals surface area contributed by atoms with E-state index in [9.17, 15) is 33.1 Å². The number of carbonyl (C=O) groups excluding carboxylic acids is 3. The number of hydrogen-bond donors (Lipinski definition) is 3. The van der Waals surface area contributed by atoms with E-state index in [0.29, 0.717) is 24.8 Å². The molecule has 0 aliphatic carbocycles. The van der Waals surface area contributed by atoms with Crippen molar-refractivity contribution in [3.8, 4) is 0 Å². The maximum Gasteiger partial charge on any atom is 0.353 e. The standard InChI is InChI=1S/C20H28F2N4O5S/c1-8-13-12(9(2)24-19(31)20(3,21)22)17(28)26(13)14(18(29)30)15(8)32-10-6-11(23-7-10)16(27)25(4)5/h8-13,23H,6-7H2,1-5H3,(H,24,31)(H,29,30)/t8-,9?,10+,11+,12-,13-/m1/s1. The van der Waals surface area contributed by atoms with Gasteiger partial charge >= 0.3 is 11.9 Å². The molecule has 0 aromatic heterocycles. The normalized spacial score (nSPS) is 30.7. The lowest BCUT2D eigenvalue weighted by atomic mass is 9.78. The van der Waals surface area contributed by atoms with E-state index in [0.717, 1.165) is 0 Å². The average Bonchev–Trinajstić information content (AvgIpc) is 3.22. The number of halogens is 2. The van der Waals surface area contributed by atoms with Crippen LogP contribution in [0.3, 0.4) is 0 Å². The molecule has 6 atom stereocenters. The summed E-state index contributed by atoms with van der Waals surface area (Å²) in [7, 11) is 3.33. The summed E-state index contributed by atoms with van der Waals surface area (Å²) in [6, 6.07) is -1.77. The Bertz CT molecular complexity index is 875. The van der Waals surface area contributed by atoms with E-state index in [1.807, 2.05) is 0 Å². The van der Waals surface area contributed by atoms with E-state index >= 15 is 0 Å². The van der Waals surface area contributed by atoms with Crippen LogP contribution in [0.15, 0.2) is 10.6 Å². The highest BCUT2D eigenvalue weighted by Gasteiger charge is 2.60. The van der Waals surface area contributed by atoms with Crippen LogP contribution in [0.25, 0.3) is 0 Å². The molecule has 3 aliphatic heterocycles. The lowest BCUT2D eigenvalue weighted by Gasteiger charge is -2.47. The van der Waals surface area contributed by atoms with Gasteiger partial charge in [0.15, 0.2) is 0 Å². The first-order valence-corrected chi connectivity index (χ1v) is 11.2. The van der Waals surface area contributed by atoms with E-state index in [4.69, 9.17) is 0 Å². The van der Waals surface area contributed by atoms with Crippen LogP contribution in [0, 0.1) is 11.8 Å². The highest BCUT2D eigenvalue weighted by Crippen LogP contribution is 2.51.